The Bertz CT molecular complexity index is 1210. The van der Waals surface area contributed by atoms with E-state index < -0.39 is 29.7 Å². The molecule has 0 spiro atoms. The Hall–Kier alpha value is -3.72. The van der Waals surface area contributed by atoms with E-state index in [1.165, 1.54) is 29.2 Å². The minimum absolute atomic E-state index is 0.196. The van der Waals surface area contributed by atoms with Gasteiger partial charge < -0.3 is 15.0 Å². The number of benzene rings is 2. The van der Waals surface area contributed by atoms with Crippen LogP contribution < -0.4 is 15.0 Å². The van der Waals surface area contributed by atoms with Crippen LogP contribution in [0, 0.1) is 12.7 Å². The monoisotopic (exact) mass is 495 g/mol. The number of amides is 4. The second-order valence-electron chi connectivity index (χ2n) is 8.13. The largest absolute Gasteiger partial charge is 0.494 e. The van der Waals surface area contributed by atoms with E-state index in [1.54, 1.807) is 35.6 Å². The fourth-order valence-electron chi connectivity index (χ4n) is 3.99. The summed E-state index contributed by atoms with van der Waals surface area (Å²) in [6.07, 6.45) is 0.371. The average molecular weight is 496 g/mol. The van der Waals surface area contributed by atoms with Crippen molar-refractivity contribution in [1.29, 1.82) is 0 Å². The first kappa shape index (κ1) is 24.4. The second kappa shape index (κ2) is 10.7. The molecule has 9 heteroatoms. The van der Waals surface area contributed by atoms with Gasteiger partial charge in [-0.3, -0.25) is 9.59 Å². The van der Waals surface area contributed by atoms with Crippen molar-refractivity contribution in [1.82, 2.24) is 4.90 Å². The Morgan fingerprint density at radius 3 is 2.43 bits per heavy atom. The van der Waals surface area contributed by atoms with Gasteiger partial charge >= 0.3 is 6.03 Å². The number of urea groups is 1. The van der Waals surface area contributed by atoms with Gasteiger partial charge in [0.25, 0.3) is 5.91 Å². The molecule has 1 fully saturated rings. The van der Waals surface area contributed by atoms with Crippen molar-refractivity contribution < 1.29 is 23.5 Å². The molecule has 4 amide bonds. The summed E-state index contributed by atoms with van der Waals surface area (Å²) in [5.41, 5.74) is 1.95. The van der Waals surface area contributed by atoms with Crippen LogP contribution >= 0.6 is 11.3 Å². The Balaban J connectivity index is 1.52. The van der Waals surface area contributed by atoms with Gasteiger partial charge in [0.2, 0.25) is 5.91 Å². The van der Waals surface area contributed by atoms with Crippen molar-refractivity contribution in [2.24, 2.45) is 0 Å². The smallest absolute Gasteiger partial charge is 0.332 e. The molecule has 1 saturated heterocycles. The number of halogens is 1. The van der Waals surface area contributed by atoms with Crippen LogP contribution in [0.5, 0.6) is 5.75 Å². The van der Waals surface area contributed by atoms with Gasteiger partial charge in [-0.25, -0.2) is 14.1 Å². The molecule has 1 aliphatic heterocycles. The lowest BCUT2D eigenvalue weighted by atomic mass is 10.1. The number of aryl methyl sites for hydroxylation is 1. The molecule has 0 aliphatic carbocycles. The Morgan fingerprint density at radius 2 is 1.80 bits per heavy atom. The maximum absolute atomic E-state index is 13.4. The molecule has 2 aromatic carbocycles. The Labute approximate surface area is 207 Å². The van der Waals surface area contributed by atoms with Crippen molar-refractivity contribution in [3.8, 4) is 5.75 Å². The van der Waals surface area contributed by atoms with E-state index in [-0.39, 0.29) is 18.7 Å². The van der Waals surface area contributed by atoms with E-state index in [0.29, 0.717) is 24.5 Å². The summed E-state index contributed by atoms with van der Waals surface area (Å²) >= 11 is 1.59. The van der Waals surface area contributed by atoms with Gasteiger partial charge in [-0.05, 0) is 85.8 Å². The predicted octanol–water partition coefficient (Wildman–Crippen LogP) is 5.00. The van der Waals surface area contributed by atoms with Crippen LogP contribution in [0.2, 0.25) is 0 Å². The Morgan fingerprint density at radius 1 is 1.09 bits per heavy atom. The highest BCUT2D eigenvalue weighted by Crippen LogP contribution is 2.28. The molecular weight excluding hydrogens is 469 g/mol. The number of thiophene rings is 1. The molecule has 35 heavy (non-hydrogen) atoms. The number of nitrogens with zero attached hydrogens (tertiary/aromatic N) is 2. The van der Waals surface area contributed by atoms with Gasteiger partial charge in [-0.1, -0.05) is 0 Å². The summed E-state index contributed by atoms with van der Waals surface area (Å²) in [7, 11) is 0. The Kier molecular flexibility index (Phi) is 7.45. The fourth-order valence-corrected chi connectivity index (χ4v) is 4.89. The second-order valence-corrected chi connectivity index (χ2v) is 9.13. The summed E-state index contributed by atoms with van der Waals surface area (Å²) in [6.45, 7) is 4.70. The summed E-state index contributed by atoms with van der Waals surface area (Å²) in [6, 6.07) is 12.6. The molecule has 182 valence electrons. The number of ether oxygens (including phenoxy) is 1. The highest BCUT2D eigenvalue weighted by molar-refractivity contribution is 7.10. The van der Waals surface area contributed by atoms with Crippen LogP contribution in [0.15, 0.2) is 60.0 Å². The highest BCUT2D eigenvalue weighted by Gasteiger charge is 2.46. The van der Waals surface area contributed by atoms with Gasteiger partial charge in [0, 0.05) is 17.1 Å². The minimum Gasteiger partial charge on any atom is -0.494 e. The van der Waals surface area contributed by atoms with Gasteiger partial charge in [0.05, 0.1) is 18.7 Å². The van der Waals surface area contributed by atoms with Crippen molar-refractivity contribution >= 4 is 40.6 Å². The molecule has 7 nitrogen and oxygen atoms in total. The molecule has 0 bridgehead atoms. The first-order valence-corrected chi connectivity index (χ1v) is 12.2. The third-order valence-corrected chi connectivity index (χ3v) is 6.86. The maximum Gasteiger partial charge on any atom is 0.332 e. The molecule has 4 rings (SSSR count). The van der Waals surface area contributed by atoms with Crippen molar-refractivity contribution in [3.05, 3.63) is 76.2 Å². The highest BCUT2D eigenvalue weighted by atomic mass is 32.1. The number of imide groups is 1. The number of carbonyl (C=O) groups excluding carboxylic acids is 3. The van der Waals surface area contributed by atoms with Crippen molar-refractivity contribution in [3.63, 3.8) is 0 Å². The number of hydrogen-bond donors (Lipinski definition) is 1. The quantitative estimate of drug-likeness (QED) is 0.424. The van der Waals surface area contributed by atoms with Gasteiger partial charge in [-0.2, -0.15) is 0 Å². The van der Waals surface area contributed by atoms with Gasteiger partial charge in [0.1, 0.15) is 17.6 Å². The average Bonchev–Trinajstić information content (AvgIpc) is 3.34. The molecule has 1 aliphatic rings. The molecule has 0 saturated carbocycles. The third kappa shape index (κ3) is 5.51. The zero-order chi connectivity index (χ0) is 24.9. The minimum atomic E-state index is -0.962. The van der Waals surface area contributed by atoms with E-state index in [4.69, 9.17) is 4.74 Å². The maximum atomic E-state index is 13.4. The van der Waals surface area contributed by atoms with E-state index in [1.807, 2.05) is 25.3 Å². The lowest BCUT2D eigenvalue weighted by Crippen LogP contribution is -2.39. The summed E-state index contributed by atoms with van der Waals surface area (Å²) in [5.74, 6) is -0.680. The van der Waals surface area contributed by atoms with E-state index in [0.717, 1.165) is 15.3 Å². The van der Waals surface area contributed by atoms with Crippen LogP contribution in [0.1, 0.15) is 23.8 Å². The number of nitrogens with one attached hydrogen (secondary N) is 1. The van der Waals surface area contributed by atoms with Crippen LogP contribution in [0.4, 0.5) is 20.6 Å². The lowest BCUT2D eigenvalue weighted by molar-refractivity contribution is -0.124. The van der Waals surface area contributed by atoms with E-state index >= 15 is 0 Å². The van der Waals surface area contributed by atoms with Gasteiger partial charge in [0.15, 0.2) is 0 Å². The number of anilines is 2. The van der Waals surface area contributed by atoms with Crippen LogP contribution in [-0.2, 0) is 16.0 Å². The molecule has 1 atom stereocenters. The summed E-state index contributed by atoms with van der Waals surface area (Å²) in [4.78, 5) is 43.0. The van der Waals surface area contributed by atoms with Crippen LogP contribution in [0.25, 0.3) is 0 Å². The third-order valence-electron chi connectivity index (χ3n) is 5.78. The normalized spacial score (nSPS) is 15.6. The standard InChI is InChI=1S/C26H26FN3O4S/c1-3-34-21-10-6-19(7-11-21)28-24(31)16-22-25(32)30(20-8-4-18(27)5-9-20)26(33)29(22)14-12-23-17(2)13-15-35-23/h4-11,13,15,22H,3,12,14,16H2,1-2H3,(H,28,31)/t22-/m0/s1. The first-order valence-electron chi connectivity index (χ1n) is 11.3. The number of carbonyl (C=O) groups is 3. The summed E-state index contributed by atoms with van der Waals surface area (Å²) in [5, 5.41) is 4.76. The zero-order valence-corrected chi connectivity index (χ0v) is 20.3. The van der Waals surface area contributed by atoms with E-state index in [2.05, 4.69) is 5.32 Å². The van der Waals surface area contributed by atoms with Crippen LogP contribution in [-0.4, -0.2) is 41.9 Å². The van der Waals surface area contributed by atoms with Gasteiger partial charge in [-0.15, -0.1) is 11.3 Å². The molecule has 0 radical (unpaired) electrons. The number of hydrogen-bond acceptors (Lipinski definition) is 5. The first-order chi connectivity index (χ1) is 16.9. The topological polar surface area (TPSA) is 79.0 Å². The molecule has 1 aromatic heterocycles. The van der Waals surface area contributed by atoms with E-state index in [9.17, 15) is 18.8 Å². The summed E-state index contributed by atoms with van der Waals surface area (Å²) < 4.78 is 18.8. The molecular formula is C26H26FN3O4S. The zero-order valence-electron chi connectivity index (χ0n) is 19.5. The van der Waals surface area contributed by atoms with Crippen molar-refractivity contribution in [2.45, 2.75) is 32.7 Å². The molecule has 0 unspecified atom stereocenters. The van der Waals surface area contributed by atoms with Crippen LogP contribution in [0.3, 0.4) is 0 Å². The fraction of sp³-hybridized carbons (Fsp3) is 0.269. The predicted molar refractivity (Wildman–Crippen MR) is 133 cm³/mol. The lowest BCUT2D eigenvalue weighted by Gasteiger charge is -2.21. The molecule has 2 heterocycles. The molecule has 1 N–H and O–H groups in total. The van der Waals surface area contributed by atoms with Crippen molar-refractivity contribution in [2.75, 3.05) is 23.4 Å². The SMILES string of the molecule is CCOc1ccc(NC(=O)C[C@H]2C(=O)N(c3ccc(F)cc3)C(=O)N2CCc2sccc2C)cc1. The number of rotatable bonds is 9. The molecule has 3 aromatic rings.